The number of carbonyl (C=O) groups excluding carboxylic acids is 1. The number of anilines is 1. The van der Waals surface area contributed by atoms with E-state index < -0.39 is 0 Å². The van der Waals surface area contributed by atoms with Crippen molar-refractivity contribution in [2.45, 2.75) is 39.7 Å². The molecule has 0 bridgehead atoms. The quantitative estimate of drug-likeness (QED) is 0.698. The van der Waals surface area contributed by atoms with Crippen LogP contribution < -0.4 is 5.32 Å². The van der Waals surface area contributed by atoms with E-state index in [2.05, 4.69) is 59.4 Å². The van der Waals surface area contributed by atoms with Gasteiger partial charge in [0.25, 0.3) is 0 Å². The van der Waals surface area contributed by atoms with Gasteiger partial charge in [0, 0.05) is 11.6 Å². The molecule has 0 atom stereocenters. The molecule has 2 aromatic carbocycles. The number of aryl methyl sites for hydroxylation is 2. The third-order valence-electron chi connectivity index (χ3n) is 5.65. The van der Waals surface area contributed by atoms with Gasteiger partial charge >= 0.3 is 0 Å². The summed E-state index contributed by atoms with van der Waals surface area (Å²) >= 11 is 0. The van der Waals surface area contributed by atoms with Gasteiger partial charge in [-0.05, 0) is 74.7 Å². The molecule has 1 saturated heterocycles. The smallest absolute Gasteiger partial charge is 0.227 e. The molecule has 1 aliphatic heterocycles. The molecule has 5 heteroatoms. The number of fused-ring (bicyclic) bond motifs is 1. The number of amides is 1. The predicted octanol–water partition coefficient (Wildman–Crippen LogP) is 4.28. The minimum absolute atomic E-state index is 0.0837. The average molecular weight is 377 g/mol. The Kier molecular flexibility index (Phi) is 5.44. The monoisotopic (exact) mass is 376 g/mol. The SMILES string of the molecule is CCc1ccc(NC(=O)C2CCN(Cc3nc4ccc(C)cc4[nH]3)CC2)cc1. The zero-order chi connectivity index (χ0) is 19.5. The zero-order valence-electron chi connectivity index (χ0n) is 16.7. The molecule has 2 N–H and O–H groups in total. The highest BCUT2D eigenvalue weighted by atomic mass is 16.1. The van der Waals surface area contributed by atoms with Crippen LogP contribution in [-0.2, 0) is 17.8 Å². The van der Waals surface area contributed by atoms with Crippen molar-refractivity contribution in [2.24, 2.45) is 5.92 Å². The highest BCUT2D eigenvalue weighted by molar-refractivity contribution is 5.92. The maximum atomic E-state index is 12.6. The number of H-pyrrole nitrogens is 1. The van der Waals surface area contributed by atoms with Crippen LogP contribution in [-0.4, -0.2) is 33.9 Å². The number of benzene rings is 2. The predicted molar refractivity (Wildman–Crippen MR) is 113 cm³/mol. The van der Waals surface area contributed by atoms with E-state index in [9.17, 15) is 4.79 Å². The highest BCUT2D eigenvalue weighted by Crippen LogP contribution is 2.22. The molecule has 2 heterocycles. The van der Waals surface area contributed by atoms with Gasteiger partial charge in [-0.3, -0.25) is 9.69 Å². The Morgan fingerprint density at radius 2 is 1.93 bits per heavy atom. The minimum Gasteiger partial charge on any atom is -0.341 e. The molecule has 146 valence electrons. The van der Waals surface area contributed by atoms with E-state index in [-0.39, 0.29) is 11.8 Å². The molecule has 1 aliphatic rings. The summed E-state index contributed by atoms with van der Waals surface area (Å²) in [5.41, 5.74) is 5.52. The third-order valence-corrected chi connectivity index (χ3v) is 5.65. The van der Waals surface area contributed by atoms with Gasteiger partial charge in [0.05, 0.1) is 17.6 Å². The lowest BCUT2D eigenvalue weighted by Gasteiger charge is -2.30. The van der Waals surface area contributed by atoms with E-state index in [4.69, 9.17) is 4.98 Å². The Morgan fingerprint density at radius 3 is 2.64 bits per heavy atom. The van der Waals surface area contributed by atoms with Gasteiger partial charge in [-0.25, -0.2) is 4.98 Å². The summed E-state index contributed by atoms with van der Waals surface area (Å²) in [5, 5.41) is 3.07. The highest BCUT2D eigenvalue weighted by Gasteiger charge is 2.25. The van der Waals surface area contributed by atoms with E-state index in [0.29, 0.717) is 0 Å². The number of carbonyl (C=O) groups is 1. The van der Waals surface area contributed by atoms with Crippen LogP contribution in [0.15, 0.2) is 42.5 Å². The number of nitrogens with zero attached hydrogens (tertiary/aromatic N) is 2. The lowest BCUT2D eigenvalue weighted by atomic mass is 9.95. The van der Waals surface area contributed by atoms with Crippen LogP contribution in [0.5, 0.6) is 0 Å². The van der Waals surface area contributed by atoms with E-state index in [1.165, 1.54) is 11.1 Å². The number of aromatic amines is 1. The van der Waals surface area contributed by atoms with Gasteiger partial charge in [-0.15, -0.1) is 0 Å². The molecule has 1 amide bonds. The number of imidazole rings is 1. The lowest BCUT2D eigenvalue weighted by Crippen LogP contribution is -2.38. The first-order chi connectivity index (χ1) is 13.6. The molecule has 1 fully saturated rings. The Labute approximate surface area is 166 Å². The van der Waals surface area contributed by atoms with Crippen LogP contribution in [0.3, 0.4) is 0 Å². The summed E-state index contributed by atoms with van der Waals surface area (Å²) in [6.07, 6.45) is 2.79. The fourth-order valence-corrected chi connectivity index (χ4v) is 3.88. The first-order valence-electron chi connectivity index (χ1n) is 10.2. The summed E-state index contributed by atoms with van der Waals surface area (Å²) < 4.78 is 0. The fourth-order valence-electron chi connectivity index (χ4n) is 3.88. The second-order valence-corrected chi connectivity index (χ2v) is 7.79. The molecule has 28 heavy (non-hydrogen) atoms. The van der Waals surface area contributed by atoms with Crippen molar-refractivity contribution in [3.63, 3.8) is 0 Å². The summed E-state index contributed by atoms with van der Waals surface area (Å²) in [7, 11) is 0. The first-order valence-corrected chi connectivity index (χ1v) is 10.2. The standard InChI is InChI=1S/C23H28N4O/c1-3-17-5-7-19(8-6-17)24-23(28)18-10-12-27(13-11-18)15-22-25-20-9-4-16(2)14-21(20)26-22/h4-9,14,18H,3,10-13,15H2,1-2H3,(H,24,28)(H,25,26). The van der Waals surface area contributed by atoms with Gasteiger partial charge in [0.15, 0.2) is 0 Å². The maximum Gasteiger partial charge on any atom is 0.227 e. The molecule has 4 rings (SSSR count). The summed E-state index contributed by atoms with van der Waals surface area (Å²) in [4.78, 5) is 23.1. The van der Waals surface area contributed by atoms with Gasteiger partial charge in [-0.1, -0.05) is 25.1 Å². The lowest BCUT2D eigenvalue weighted by molar-refractivity contribution is -0.121. The summed E-state index contributed by atoms with van der Waals surface area (Å²) in [6, 6.07) is 14.4. The van der Waals surface area contributed by atoms with Crippen molar-refractivity contribution in [3.05, 3.63) is 59.4 Å². The number of rotatable bonds is 5. The molecule has 0 aliphatic carbocycles. The van der Waals surface area contributed by atoms with E-state index in [1.54, 1.807) is 0 Å². The van der Waals surface area contributed by atoms with Crippen molar-refractivity contribution in [2.75, 3.05) is 18.4 Å². The summed E-state index contributed by atoms with van der Waals surface area (Å²) in [5.74, 6) is 1.23. The van der Waals surface area contributed by atoms with Crippen LogP contribution >= 0.6 is 0 Å². The molecular weight excluding hydrogens is 348 g/mol. The number of hydrogen-bond acceptors (Lipinski definition) is 3. The number of aromatic nitrogens is 2. The largest absolute Gasteiger partial charge is 0.341 e. The van der Waals surface area contributed by atoms with E-state index in [1.807, 2.05) is 12.1 Å². The molecule has 0 saturated carbocycles. The van der Waals surface area contributed by atoms with Crippen LogP contribution in [0.1, 0.15) is 36.7 Å². The van der Waals surface area contributed by atoms with E-state index in [0.717, 1.165) is 61.4 Å². The van der Waals surface area contributed by atoms with Crippen molar-refractivity contribution >= 4 is 22.6 Å². The second kappa shape index (κ2) is 8.15. The number of hydrogen-bond donors (Lipinski definition) is 2. The topological polar surface area (TPSA) is 61.0 Å². The Hall–Kier alpha value is -2.66. The number of likely N-dealkylation sites (tertiary alicyclic amines) is 1. The Bertz CT molecular complexity index is 952. The molecule has 1 aromatic heterocycles. The maximum absolute atomic E-state index is 12.6. The van der Waals surface area contributed by atoms with Gasteiger partial charge < -0.3 is 10.3 Å². The average Bonchev–Trinajstić information content (AvgIpc) is 3.10. The normalized spacial score (nSPS) is 15.8. The molecule has 3 aromatic rings. The van der Waals surface area contributed by atoms with Crippen molar-refractivity contribution < 1.29 is 4.79 Å². The number of nitrogens with one attached hydrogen (secondary N) is 2. The first kappa shape index (κ1) is 18.7. The van der Waals surface area contributed by atoms with Crippen molar-refractivity contribution in [3.8, 4) is 0 Å². The van der Waals surface area contributed by atoms with Gasteiger partial charge in [-0.2, -0.15) is 0 Å². The fraction of sp³-hybridized carbons (Fsp3) is 0.391. The molecule has 5 nitrogen and oxygen atoms in total. The molecule has 0 radical (unpaired) electrons. The molecule has 0 spiro atoms. The Morgan fingerprint density at radius 1 is 1.18 bits per heavy atom. The molecule has 0 unspecified atom stereocenters. The van der Waals surface area contributed by atoms with Crippen LogP contribution in [0.2, 0.25) is 0 Å². The minimum atomic E-state index is 0.0837. The van der Waals surface area contributed by atoms with E-state index >= 15 is 0 Å². The van der Waals surface area contributed by atoms with Crippen LogP contribution in [0.4, 0.5) is 5.69 Å². The van der Waals surface area contributed by atoms with Crippen molar-refractivity contribution in [1.29, 1.82) is 0 Å². The Balaban J connectivity index is 1.30. The molecular formula is C23H28N4O. The van der Waals surface area contributed by atoms with Crippen LogP contribution in [0.25, 0.3) is 11.0 Å². The number of piperidine rings is 1. The van der Waals surface area contributed by atoms with Gasteiger partial charge in [0.1, 0.15) is 5.82 Å². The van der Waals surface area contributed by atoms with Crippen molar-refractivity contribution in [1.82, 2.24) is 14.9 Å². The van der Waals surface area contributed by atoms with Gasteiger partial charge in [0.2, 0.25) is 5.91 Å². The third kappa shape index (κ3) is 4.25. The zero-order valence-corrected chi connectivity index (χ0v) is 16.7. The van der Waals surface area contributed by atoms with Crippen LogP contribution in [0, 0.1) is 12.8 Å². The summed E-state index contributed by atoms with van der Waals surface area (Å²) in [6.45, 7) is 6.87. The second-order valence-electron chi connectivity index (χ2n) is 7.79.